The molecule has 0 radical (unpaired) electrons. The van der Waals surface area contributed by atoms with Crippen LogP contribution in [0.2, 0.25) is 0 Å². The number of ether oxygens (including phenoxy) is 1. The van der Waals surface area contributed by atoms with E-state index >= 15 is 0 Å². The SMILES string of the molecule is CC(=O)C1(O)CCC2C3CC(C)C4=CC(=O)CCC4(C)C3CCC21C.CC(=O)C1CCC2C3CCC4=CC(=O)CCC4(C)C3CCC12C.CC(=O)OC1(C(C)=O)CCC2C3C=C(C)C4=CC(=O)CCC4(C)C3CCC21C. The van der Waals surface area contributed by atoms with Crippen LogP contribution in [0.25, 0.3) is 0 Å². The van der Waals surface area contributed by atoms with Crippen molar-refractivity contribution < 1.29 is 43.4 Å². The van der Waals surface area contributed by atoms with Gasteiger partial charge in [0.25, 0.3) is 0 Å². The second-order valence-electron chi connectivity index (χ2n) is 29.2. The molecule has 416 valence electrons. The van der Waals surface area contributed by atoms with Crippen molar-refractivity contribution in [3.8, 4) is 0 Å². The van der Waals surface area contributed by atoms with Gasteiger partial charge in [-0.2, -0.15) is 0 Å². The zero-order valence-electron chi connectivity index (χ0n) is 48.7. The van der Waals surface area contributed by atoms with Gasteiger partial charge in [-0.25, -0.2) is 0 Å². The summed E-state index contributed by atoms with van der Waals surface area (Å²) in [7, 11) is 0. The Kier molecular flexibility index (Phi) is 13.9. The summed E-state index contributed by atoms with van der Waals surface area (Å²) in [6.07, 6.45) is 28.5. The number of hydrogen-bond donors (Lipinski definition) is 1. The molecule has 0 bridgehead atoms. The topological polar surface area (TPSA) is 149 Å². The fourth-order valence-corrected chi connectivity index (χ4v) is 22.3. The predicted octanol–water partition coefficient (Wildman–Crippen LogP) is 13.4. The Labute approximate surface area is 455 Å². The van der Waals surface area contributed by atoms with Gasteiger partial charge in [-0.15, -0.1) is 0 Å². The summed E-state index contributed by atoms with van der Waals surface area (Å²) in [5, 5.41) is 11.2. The third-order valence-corrected chi connectivity index (χ3v) is 26.3. The highest BCUT2D eigenvalue weighted by molar-refractivity contribution is 5.93. The standard InChI is InChI=1S/C24H32O4.C22H32O3.C21H30O2/c1-14-12-18-19(22(4)9-6-17(27)13-21(14)22)7-10-23(5)20(18)8-11-24(23,15(2)25)28-16(3)26;1-13-11-16-17(20(3)8-5-15(24)12-19(13)20)6-9-21(4)18(16)7-10-22(21,25)14(2)23;1-13(22)17-6-7-18-16-5-4-14-12-15(23)8-10-20(14,2)19(16)9-11-21(17,18)3/h12-13,18-20H,6-11H2,1-5H3;12-13,16-18,25H,5-11H2,1-4H3;12,16-19H,4-11H2,1-3H3. The van der Waals surface area contributed by atoms with E-state index in [0.29, 0.717) is 90.4 Å². The number of aliphatic hydroxyl groups is 1. The summed E-state index contributed by atoms with van der Waals surface area (Å²) >= 11 is 0. The summed E-state index contributed by atoms with van der Waals surface area (Å²) in [4.78, 5) is 85.1. The van der Waals surface area contributed by atoms with E-state index in [2.05, 4.69) is 61.5 Å². The highest BCUT2D eigenvalue weighted by Crippen LogP contribution is 2.71. The van der Waals surface area contributed by atoms with Crippen LogP contribution in [0.4, 0.5) is 0 Å². The Hall–Kier alpha value is -3.59. The number of rotatable bonds is 4. The zero-order valence-corrected chi connectivity index (χ0v) is 48.7. The van der Waals surface area contributed by atoms with Crippen LogP contribution in [-0.4, -0.2) is 57.0 Å². The number of allylic oxidation sites excluding steroid dienone is 6. The lowest BCUT2D eigenvalue weighted by atomic mass is 9.45. The fourth-order valence-electron chi connectivity index (χ4n) is 22.3. The van der Waals surface area contributed by atoms with E-state index in [-0.39, 0.29) is 55.8 Å². The molecule has 19 unspecified atom stereocenters. The summed E-state index contributed by atoms with van der Waals surface area (Å²) in [6, 6.07) is 0. The summed E-state index contributed by atoms with van der Waals surface area (Å²) in [5.74, 6) is 6.59. The van der Waals surface area contributed by atoms with E-state index in [4.69, 9.17) is 4.74 Å². The van der Waals surface area contributed by atoms with Crippen LogP contribution in [0.15, 0.2) is 46.6 Å². The lowest BCUT2D eigenvalue weighted by Gasteiger charge is -2.60. The Morgan fingerprint density at radius 1 is 0.553 bits per heavy atom. The van der Waals surface area contributed by atoms with Crippen molar-refractivity contribution in [2.45, 2.75) is 229 Å². The van der Waals surface area contributed by atoms with Crippen LogP contribution < -0.4 is 0 Å². The number of carbonyl (C=O) groups is 7. The number of fused-ring (bicyclic) bond motifs is 15. The van der Waals surface area contributed by atoms with Gasteiger partial charge in [0.05, 0.1) is 0 Å². The van der Waals surface area contributed by atoms with Crippen LogP contribution in [-0.2, 0) is 38.3 Å². The lowest BCUT2D eigenvalue weighted by Crippen LogP contribution is -2.58. The molecule has 9 heteroatoms. The Balaban J connectivity index is 0.000000130. The molecule has 8 saturated carbocycles. The lowest BCUT2D eigenvalue weighted by molar-refractivity contribution is -0.185. The van der Waals surface area contributed by atoms with Crippen LogP contribution in [0.1, 0.15) is 218 Å². The molecule has 12 rings (SSSR count). The van der Waals surface area contributed by atoms with Gasteiger partial charge >= 0.3 is 5.97 Å². The molecule has 8 fully saturated rings. The molecule has 1 N–H and O–H groups in total. The van der Waals surface area contributed by atoms with Crippen molar-refractivity contribution >= 4 is 40.7 Å². The van der Waals surface area contributed by atoms with E-state index in [1.54, 1.807) is 20.8 Å². The monoisotopic (exact) mass is 1040 g/mol. The maximum atomic E-state index is 12.8. The van der Waals surface area contributed by atoms with Crippen molar-refractivity contribution in [3.05, 3.63) is 46.6 Å². The van der Waals surface area contributed by atoms with Gasteiger partial charge in [-0.3, -0.25) is 33.6 Å². The number of ketones is 6. The van der Waals surface area contributed by atoms with Crippen LogP contribution >= 0.6 is 0 Å². The highest BCUT2D eigenvalue weighted by Gasteiger charge is 2.69. The second kappa shape index (κ2) is 19.0. The first kappa shape index (κ1) is 55.7. The van der Waals surface area contributed by atoms with E-state index < -0.39 is 11.2 Å². The molecule has 0 spiro atoms. The van der Waals surface area contributed by atoms with Crippen molar-refractivity contribution in [1.82, 2.24) is 0 Å². The maximum absolute atomic E-state index is 12.8. The van der Waals surface area contributed by atoms with Gasteiger partial charge in [-0.05, 0) is 248 Å². The van der Waals surface area contributed by atoms with Crippen molar-refractivity contribution in [1.29, 1.82) is 0 Å². The third kappa shape index (κ3) is 8.04. The Morgan fingerprint density at radius 2 is 1.13 bits per heavy atom. The van der Waals surface area contributed by atoms with Gasteiger partial charge in [0.15, 0.2) is 34.5 Å². The molecule has 76 heavy (non-hydrogen) atoms. The molecule has 0 aromatic carbocycles. The fraction of sp³-hybridized carbons (Fsp3) is 0.776. The van der Waals surface area contributed by atoms with E-state index in [1.807, 2.05) is 18.2 Å². The molecular weight excluding hydrogens is 949 g/mol. The Bertz CT molecular complexity index is 2630. The molecule has 0 aliphatic heterocycles. The zero-order chi connectivity index (χ0) is 55.1. The summed E-state index contributed by atoms with van der Waals surface area (Å²) < 4.78 is 5.82. The molecule has 19 atom stereocenters. The van der Waals surface area contributed by atoms with Gasteiger partial charge in [0.2, 0.25) is 0 Å². The molecule has 12 aliphatic carbocycles. The molecule has 0 aromatic heterocycles. The van der Waals surface area contributed by atoms with E-state index in [9.17, 15) is 38.7 Å². The highest BCUT2D eigenvalue weighted by atomic mass is 16.6. The van der Waals surface area contributed by atoms with Crippen molar-refractivity contribution in [2.24, 2.45) is 97.6 Å². The van der Waals surface area contributed by atoms with Crippen molar-refractivity contribution in [3.63, 3.8) is 0 Å². The first-order chi connectivity index (χ1) is 35.5. The first-order valence-electron chi connectivity index (χ1n) is 30.4. The molecule has 0 saturated heterocycles. The van der Waals surface area contributed by atoms with Crippen molar-refractivity contribution in [2.75, 3.05) is 0 Å². The smallest absolute Gasteiger partial charge is 0.303 e. The number of Topliss-reactive ketones (excluding diaryl/α,β-unsaturated/α-hetero) is 3. The number of carbonyl (C=O) groups excluding carboxylic acids is 7. The predicted molar refractivity (Wildman–Crippen MR) is 294 cm³/mol. The largest absolute Gasteiger partial charge is 0.451 e. The normalized spacial score (nSPS) is 48.4. The average molecular weight is 1040 g/mol. The van der Waals surface area contributed by atoms with Crippen LogP contribution in [0.5, 0.6) is 0 Å². The molecule has 12 aliphatic rings. The first-order valence-corrected chi connectivity index (χ1v) is 30.4. The number of hydrogen-bond acceptors (Lipinski definition) is 9. The minimum atomic E-state index is -1.13. The molecule has 0 heterocycles. The molecule has 0 aromatic rings. The van der Waals surface area contributed by atoms with E-state index in [1.165, 1.54) is 54.9 Å². The second-order valence-corrected chi connectivity index (χ2v) is 29.2. The molecular formula is C67H94O9. The van der Waals surface area contributed by atoms with Gasteiger partial charge in [-0.1, -0.05) is 71.3 Å². The molecule has 9 nitrogen and oxygen atoms in total. The van der Waals surface area contributed by atoms with Gasteiger partial charge in [0, 0.05) is 42.9 Å². The number of esters is 1. The van der Waals surface area contributed by atoms with Gasteiger partial charge in [0.1, 0.15) is 11.4 Å². The Morgan fingerprint density at radius 3 is 1.79 bits per heavy atom. The minimum absolute atomic E-state index is 0.0160. The minimum Gasteiger partial charge on any atom is -0.451 e. The maximum Gasteiger partial charge on any atom is 0.303 e. The molecule has 0 amide bonds. The van der Waals surface area contributed by atoms with E-state index in [0.717, 1.165) is 101 Å². The third-order valence-electron chi connectivity index (χ3n) is 26.3. The van der Waals surface area contributed by atoms with Crippen LogP contribution in [0.3, 0.4) is 0 Å². The van der Waals surface area contributed by atoms with Gasteiger partial charge < -0.3 is 9.84 Å². The summed E-state index contributed by atoms with van der Waals surface area (Å²) in [6.45, 7) is 24.7. The summed E-state index contributed by atoms with van der Waals surface area (Å²) in [5.41, 5.74) is 3.21. The quantitative estimate of drug-likeness (QED) is 0.272. The average Bonchev–Trinajstić information content (AvgIpc) is 3.97. The van der Waals surface area contributed by atoms with Crippen LogP contribution in [0, 0.1) is 97.6 Å².